The Bertz CT molecular complexity index is 237. The molecule has 3 heteroatoms. The van der Waals surface area contributed by atoms with Crippen LogP contribution in [0.4, 0.5) is 0 Å². The van der Waals surface area contributed by atoms with Gasteiger partial charge in [0.1, 0.15) is 11.4 Å². The minimum Gasteiger partial charge on any atom is -0.362 e. The normalized spacial score (nSPS) is 39.1. The number of carbonyl (C=O) groups excluding carboxylic acids is 1. The Balaban J connectivity index is 2.15. The van der Waals surface area contributed by atoms with Gasteiger partial charge in [-0.15, -0.1) is 0 Å². The van der Waals surface area contributed by atoms with Gasteiger partial charge >= 0.3 is 0 Å². The largest absolute Gasteiger partial charge is 0.362 e. The minimum atomic E-state index is -0.251. The molecular formula is C9H12O2S. The molecule has 2 bridgehead atoms. The lowest BCUT2D eigenvalue weighted by Gasteiger charge is -2.31. The molecule has 0 radical (unpaired) electrons. The second-order valence-corrected chi connectivity index (χ2v) is 4.30. The highest BCUT2D eigenvalue weighted by molar-refractivity contribution is 7.98. The van der Waals surface area contributed by atoms with Crippen molar-refractivity contribution in [3.8, 4) is 0 Å². The van der Waals surface area contributed by atoms with Crippen LogP contribution in [-0.4, -0.2) is 29.5 Å². The molecule has 2 unspecified atom stereocenters. The second kappa shape index (κ2) is 2.89. The number of ether oxygens (including phenoxy) is 1. The van der Waals surface area contributed by atoms with Gasteiger partial charge < -0.3 is 4.74 Å². The Hall–Kier alpha value is -0.280. The van der Waals surface area contributed by atoms with Gasteiger partial charge in [-0.2, -0.15) is 11.8 Å². The Morgan fingerprint density at radius 3 is 3.42 bits per heavy atom. The quantitative estimate of drug-likeness (QED) is 0.607. The average molecular weight is 184 g/mol. The molecule has 2 aliphatic rings. The van der Waals surface area contributed by atoms with Crippen LogP contribution >= 0.6 is 11.8 Å². The molecule has 2 aliphatic heterocycles. The molecule has 1 saturated heterocycles. The van der Waals surface area contributed by atoms with Crippen LogP contribution in [0.15, 0.2) is 12.2 Å². The molecule has 0 N–H and O–H groups in total. The van der Waals surface area contributed by atoms with Gasteiger partial charge in [-0.05, 0) is 6.26 Å². The molecule has 0 spiro atoms. The zero-order valence-corrected chi connectivity index (χ0v) is 7.89. The van der Waals surface area contributed by atoms with Crippen molar-refractivity contribution in [1.82, 2.24) is 0 Å². The van der Waals surface area contributed by atoms with E-state index in [2.05, 4.69) is 6.08 Å². The van der Waals surface area contributed by atoms with Crippen molar-refractivity contribution >= 4 is 17.5 Å². The molecule has 2 nitrogen and oxygen atoms in total. The highest BCUT2D eigenvalue weighted by atomic mass is 32.2. The number of rotatable bonds is 2. The summed E-state index contributed by atoms with van der Waals surface area (Å²) in [4.78, 5) is 11.3. The number of fused-ring (bicyclic) bond motifs is 2. The van der Waals surface area contributed by atoms with Gasteiger partial charge in [0, 0.05) is 18.6 Å². The maximum absolute atomic E-state index is 11.3. The first-order chi connectivity index (χ1) is 5.74. The standard InChI is InChI=1S/C9H12O2S/c1-12-6-9-3-2-8(11-9)4-7(10)5-9/h2-3,8H,4-6H2,1H3. The number of hydrogen-bond donors (Lipinski definition) is 0. The molecule has 0 aromatic rings. The minimum absolute atomic E-state index is 0.0680. The molecule has 0 aromatic carbocycles. The third kappa shape index (κ3) is 1.31. The van der Waals surface area contributed by atoms with Gasteiger partial charge in [-0.25, -0.2) is 0 Å². The van der Waals surface area contributed by atoms with E-state index in [0.717, 1.165) is 5.75 Å². The second-order valence-electron chi connectivity index (χ2n) is 3.43. The maximum Gasteiger partial charge on any atom is 0.139 e. The fourth-order valence-corrected chi connectivity index (χ4v) is 2.64. The Morgan fingerprint density at radius 1 is 1.83 bits per heavy atom. The molecule has 2 atom stereocenters. The Kier molecular flexibility index (Phi) is 2.00. The summed E-state index contributed by atoms with van der Waals surface area (Å²) in [6, 6.07) is 0. The molecule has 2 heterocycles. The van der Waals surface area contributed by atoms with Gasteiger partial charge in [-0.1, -0.05) is 12.2 Å². The molecule has 66 valence electrons. The Morgan fingerprint density at radius 2 is 2.67 bits per heavy atom. The molecule has 2 rings (SSSR count). The summed E-state index contributed by atoms with van der Waals surface area (Å²) < 4.78 is 5.74. The van der Waals surface area contributed by atoms with Gasteiger partial charge in [0.05, 0.1) is 6.10 Å². The van der Waals surface area contributed by atoms with Gasteiger partial charge in [0.25, 0.3) is 0 Å². The van der Waals surface area contributed by atoms with E-state index >= 15 is 0 Å². The highest BCUT2D eigenvalue weighted by Crippen LogP contribution is 2.36. The van der Waals surface area contributed by atoms with E-state index in [1.807, 2.05) is 12.3 Å². The summed E-state index contributed by atoms with van der Waals surface area (Å²) in [6.07, 6.45) is 7.35. The summed E-state index contributed by atoms with van der Waals surface area (Å²) in [5, 5.41) is 0. The van der Waals surface area contributed by atoms with E-state index in [-0.39, 0.29) is 11.7 Å². The van der Waals surface area contributed by atoms with Crippen LogP contribution in [0.3, 0.4) is 0 Å². The van der Waals surface area contributed by atoms with Crippen molar-refractivity contribution in [3.63, 3.8) is 0 Å². The van der Waals surface area contributed by atoms with Crippen molar-refractivity contribution in [2.45, 2.75) is 24.5 Å². The van der Waals surface area contributed by atoms with E-state index in [1.165, 1.54) is 0 Å². The number of hydrogen-bond acceptors (Lipinski definition) is 3. The van der Waals surface area contributed by atoms with E-state index in [4.69, 9.17) is 4.74 Å². The topological polar surface area (TPSA) is 26.3 Å². The molecule has 0 aromatic heterocycles. The van der Waals surface area contributed by atoms with Crippen LogP contribution < -0.4 is 0 Å². The van der Waals surface area contributed by atoms with Crippen molar-refractivity contribution in [2.24, 2.45) is 0 Å². The predicted octanol–water partition coefficient (Wildman–Crippen LogP) is 1.41. The first-order valence-corrected chi connectivity index (χ1v) is 5.51. The summed E-state index contributed by atoms with van der Waals surface area (Å²) in [5.41, 5.74) is -0.251. The number of carbonyl (C=O) groups is 1. The fraction of sp³-hybridized carbons (Fsp3) is 0.667. The first-order valence-electron chi connectivity index (χ1n) is 4.12. The lowest BCUT2D eigenvalue weighted by molar-refractivity contribution is -0.134. The van der Waals surface area contributed by atoms with Gasteiger partial charge in [0.2, 0.25) is 0 Å². The van der Waals surface area contributed by atoms with Crippen molar-refractivity contribution in [2.75, 3.05) is 12.0 Å². The van der Waals surface area contributed by atoms with Crippen LogP contribution in [0.25, 0.3) is 0 Å². The first kappa shape index (κ1) is 8.32. The SMILES string of the molecule is CSCC12C=CC(CC(=O)C1)O2. The third-order valence-electron chi connectivity index (χ3n) is 2.31. The molecule has 0 amide bonds. The zero-order chi connectivity index (χ0) is 8.60. The van der Waals surface area contributed by atoms with E-state index < -0.39 is 0 Å². The molecular weight excluding hydrogens is 172 g/mol. The van der Waals surface area contributed by atoms with Crippen molar-refractivity contribution < 1.29 is 9.53 Å². The number of ketones is 1. The van der Waals surface area contributed by atoms with Crippen LogP contribution in [-0.2, 0) is 9.53 Å². The van der Waals surface area contributed by atoms with Crippen LogP contribution in [0, 0.1) is 0 Å². The maximum atomic E-state index is 11.3. The summed E-state index contributed by atoms with van der Waals surface area (Å²) in [6.45, 7) is 0. The zero-order valence-electron chi connectivity index (χ0n) is 7.08. The third-order valence-corrected chi connectivity index (χ3v) is 3.09. The molecule has 1 fully saturated rings. The summed E-state index contributed by atoms with van der Waals surface area (Å²) >= 11 is 1.73. The highest BCUT2D eigenvalue weighted by Gasteiger charge is 2.42. The molecule has 0 aliphatic carbocycles. The van der Waals surface area contributed by atoms with Crippen molar-refractivity contribution in [1.29, 1.82) is 0 Å². The predicted molar refractivity (Wildman–Crippen MR) is 49.4 cm³/mol. The molecule has 0 saturated carbocycles. The van der Waals surface area contributed by atoms with E-state index in [9.17, 15) is 4.79 Å². The van der Waals surface area contributed by atoms with E-state index in [1.54, 1.807) is 11.8 Å². The number of Topliss-reactive ketones (excluding diaryl/α,β-unsaturated/α-hetero) is 1. The fourth-order valence-electron chi connectivity index (χ4n) is 1.88. The average Bonchev–Trinajstić information content (AvgIpc) is 2.27. The van der Waals surface area contributed by atoms with Crippen LogP contribution in [0.1, 0.15) is 12.8 Å². The number of thioether (sulfide) groups is 1. The summed E-state index contributed by atoms with van der Waals surface area (Å²) in [7, 11) is 0. The van der Waals surface area contributed by atoms with Gasteiger partial charge in [-0.3, -0.25) is 4.79 Å². The van der Waals surface area contributed by atoms with Crippen LogP contribution in [0.5, 0.6) is 0 Å². The van der Waals surface area contributed by atoms with Crippen molar-refractivity contribution in [3.05, 3.63) is 12.2 Å². The lowest BCUT2D eigenvalue weighted by atomic mass is 9.97. The van der Waals surface area contributed by atoms with E-state index in [0.29, 0.717) is 18.6 Å². The Labute approximate surface area is 76.4 Å². The monoisotopic (exact) mass is 184 g/mol. The molecule has 12 heavy (non-hydrogen) atoms. The lowest BCUT2D eigenvalue weighted by Crippen LogP contribution is -2.40. The smallest absolute Gasteiger partial charge is 0.139 e. The van der Waals surface area contributed by atoms with Crippen LogP contribution in [0.2, 0.25) is 0 Å². The van der Waals surface area contributed by atoms with Gasteiger partial charge in [0.15, 0.2) is 0 Å². The summed E-state index contributed by atoms with van der Waals surface area (Å²) in [5.74, 6) is 1.23.